The summed E-state index contributed by atoms with van der Waals surface area (Å²) in [5.41, 5.74) is 1.39. The number of nitrogens with zero attached hydrogens (tertiary/aromatic N) is 4. The minimum absolute atomic E-state index is 0.151. The Morgan fingerprint density at radius 3 is 2.50 bits per heavy atom. The molecule has 20 heavy (non-hydrogen) atoms. The molecule has 1 saturated carbocycles. The summed E-state index contributed by atoms with van der Waals surface area (Å²) in [5.74, 6) is 2.58. The predicted octanol–water partition coefficient (Wildman–Crippen LogP) is 2.40. The van der Waals surface area contributed by atoms with Crippen LogP contribution in [0.1, 0.15) is 20.8 Å². The Balaban J connectivity index is 1.61. The molecule has 1 aromatic rings. The van der Waals surface area contributed by atoms with Crippen molar-refractivity contribution in [1.82, 2.24) is 14.9 Å². The summed E-state index contributed by atoms with van der Waals surface area (Å²) in [4.78, 5) is 13.1. The van der Waals surface area contributed by atoms with E-state index in [0.29, 0.717) is 6.04 Å². The molecular formula is C16H24N4. The van der Waals surface area contributed by atoms with Crippen molar-refractivity contribution < 1.29 is 0 Å². The minimum Gasteiger partial charge on any atom is -0.374 e. The van der Waals surface area contributed by atoms with Crippen LogP contribution in [-0.2, 0) is 0 Å². The molecule has 108 valence electrons. The molecule has 0 radical (unpaired) electrons. The van der Waals surface area contributed by atoms with Gasteiger partial charge in [-0.2, -0.15) is 0 Å². The first-order chi connectivity index (χ1) is 9.39. The van der Waals surface area contributed by atoms with E-state index < -0.39 is 0 Å². The highest BCUT2D eigenvalue weighted by molar-refractivity contribution is 5.41. The molecule has 0 amide bonds. The van der Waals surface area contributed by atoms with E-state index in [-0.39, 0.29) is 5.41 Å². The maximum atomic E-state index is 4.34. The molecule has 0 spiro atoms. The van der Waals surface area contributed by atoms with Gasteiger partial charge in [0, 0.05) is 55.3 Å². The summed E-state index contributed by atoms with van der Waals surface area (Å²) in [5, 5.41) is 0. The van der Waals surface area contributed by atoms with Crippen molar-refractivity contribution >= 4 is 5.82 Å². The Morgan fingerprint density at radius 2 is 2.00 bits per heavy atom. The van der Waals surface area contributed by atoms with Gasteiger partial charge in [0.25, 0.3) is 0 Å². The zero-order valence-electron chi connectivity index (χ0n) is 12.9. The summed E-state index contributed by atoms with van der Waals surface area (Å²) in [6.45, 7) is 13.2. The lowest BCUT2D eigenvalue weighted by Gasteiger charge is -2.34. The van der Waals surface area contributed by atoms with Crippen LogP contribution < -0.4 is 4.90 Å². The molecule has 1 aliphatic carbocycles. The normalized spacial score (nSPS) is 28.2. The lowest BCUT2D eigenvalue weighted by Crippen LogP contribution is -2.35. The van der Waals surface area contributed by atoms with Gasteiger partial charge in [0.1, 0.15) is 12.1 Å². The van der Waals surface area contributed by atoms with Crippen LogP contribution in [0.5, 0.6) is 0 Å². The van der Waals surface area contributed by atoms with Crippen LogP contribution in [0.3, 0.4) is 0 Å². The third-order valence-corrected chi connectivity index (χ3v) is 4.78. The first-order valence-electron chi connectivity index (χ1n) is 7.33. The number of hydrogen-bond donors (Lipinski definition) is 0. The molecule has 1 aromatic heterocycles. The number of fused-ring (bicyclic) bond motifs is 1. The zero-order valence-corrected chi connectivity index (χ0v) is 12.9. The third kappa shape index (κ3) is 2.17. The standard InChI is InChI=1S/C16H24N4/c1-11(16(2,3)4)19(5)15-12-8-20(9-13(12)15)14-6-7-17-10-18-14/h6-7,10,12-13,15H,1,8-9H2,2-5H3. The van der Waals surface area contributed by atoms with Gasteiger partial charge in [-0.25, -0.2) is 9.97 Å². The summed E-state index contributed by atoms with van der Waals surface area (Å²) in [6, 6.07) is 2.66. The van der Waals surface area contributed by atoms with E-state index in [1.807, 2.05) is 12.3 Å². The highest BCUT2D eigenvalue weighted by atomic mass is 15.3. The number of rotatable bonds is 3. The molecule has 1 aliphatic heterocycles. The molecule has 2 aliphatic rings. The highest BCUT2D eigenvalue weighted by Crippen LogP contribution is 2.51. The van der Waals surface area contributed by atoms with Gasteiger partial charge in [0.15, 0.2) is 0 Å². The average Bonchev–Trinajstić information content (AvgIpc) is 2.91. The van der Waals surface area contributed by atoms with Crippen molar-refractivity contribution in [1.29, 1.82) is 0 Å². The van der Waals surface area contributed by atoms with Gasteiger partial charge < -0.3 is 9.80 Å². The van der Waals surface area contributed by atoms with Crippen molar-refractivity contribution in [2.75, 3.05) is 25.0 Å². The maximum absolute atomic E-state index is 4.34. The number of aromatic nitrogens is 2. The fourth-order valence-electron chi connectivity index (χ4n) is 3.44. The number of piperidine rings is 1. The number of anilines is 1. The summed E-state index contributed by atoms with van der Waals surface area (Å²) in [7, 11) is 2.20. The Kier molecular flexibility index (Phi) is 3.00. The topological polar surface area (TPSA) is 32.3 Å². The molecule has 2 fully saturated rings. The second-order valence-electron chi connectivity index (χ2n) is 7.10. The molecule has 2 atom stereocenters. The van der Waals surface area contributed by atoms with Crippen molar-refractivity contribution in [2.45, 2.75) is 26.8 Å². The lowest BCUT2D eigenvalue weighted by molar-refractivity contribution is 0.283. The van der Waals surface area contributed by atoms with Crippen LogP contribution in [0.4, 0.5) is 5.82 Å². The highest BCUT2D eigenvalue weighted by Gasteiger charge is 2.58. The summed E-state index contributed by atoms with van der Waals surface area (Å²) >= 11 is 0. The summed E-state index contributed by atoms with van der Waals surface area (Å²) in [6.07, 6.45) is 3.45. The van der Waals surface area contributed by atoms with E-state index in [0.717, 1.165) is 30.7 Å². The van der Waals surface area contributed by atoms with Gasteiger partial charge in [0.2, 0.25) is 0 Å². The Hall–Kier alpha value is -1.58. The molecule has 2 heterocycles. The molecule has 0 bridgehead atoms. The quantitative estimate of drug-likeness (QED) is 0.846. The largest absolute Gasteiger partial charge is 0.374 e. The van der Waals surface area contributed by atoms with E-state index in [1.54, 1.807) is 6.33 Å². The second-order valence-corrected chi connectivity index (χ2v) is 7.10. The van der Waals surface area contributed by atoms with Crippen LogP contribution >= 0.6 is 0 Å². The second kappa shape index (κ2) is 4.47. The summed E-state index contributed by atoms with van der Waals surface area (Å²) < 4.78 is 0. The van der Waals surface area contributed by atoms with E-state index in [1.165, 1.54) is 5.70 Å². The van der Waals surface area contributed by atoms with E-state index >= 15 is 0 Å². The predicted molar refractivity (Wildman–Crippen MR) is 81.4 cm³/mol. The van der Waals surface area contributed by atoms with Crippen LogP contribution in [0.2, 0.25) is 0 Å². The van der Waals surface area contributed by atoms with Gasteiger partial charge in [-0.05, 0) is 6.07 Å². The molecule has 1 saturated heterocycles. The van der Waals surface area contributed by atoms with Crippen LogP contribution in [-0.4, -0.2) is 41.0 Å². The fourth-order valence-corrected chi connectivity index (χ4v) is 3.44. The first kappa shape index (κ1) is 13.4. The Labute approximate surface area is 121 Å². The first-order valence-corrected chi connectivity index (χ1v) is 7.33. The van der Waals surface area contributed by atoms with Gasteiger partial charge in [-0.15, -0.1) is 0 Å². The van der Waals surface area contributed by atoms with Crippen molar-refractivity contribution in [3.8, 4) is 0 Å². The van der Waals surface area contributed by atoms with Crippen molar-refractivity contribution in [2.24, 2.45) is 17.3 Å². The van der Waals surface area contributed by atoms with Gasteiger partial charge >= 0.3 is 0 Å². The minimum atomic E-state index is 0.151. The van der Waals surface area contributed by atoms with E-state index in [4.69, 9.17) is 0 Å². The molecule has 4 heteroatoms. The van der Waals surface area contributed by atoms with Gasteiger partial charge in [-0.1, -0.05) is 27.4 Å². The maximum Gasteiger partial charge on any atom is 0.131 e. The zero-order chi connectivity index (χ0) is 14.5. The third-order valence-electron chi connectivity index (χ3n) is 4.78. The van der Waals surface area contributed by atoms with Gasteiger partial charge in [0.05, 0.1) is 0 Å². The fraction of sp³-hybridized carbons (Fsp3) is 0.625. The van der Waals surface area contributed by atoms with Crippen LogP contribution in [0, 0.1) is 17.3 Å². The Bertz CT molecular complexity index is 493. The average molecular weight is 272 g/mol. The van der Waals surface area contributed by atoms with Crippen LogP contribution in [0.25, 0.3) is 0 Å². The number of hydrogen-bond acceptors (Lipinski definition) is 4. The van der Waals surface area contributed by atoms with Gasteiger partial charge in [-0.3, -0.25) is 0 Å². The molecular weight excluding hydrogens is 248 g/mol. The SMILES string of the molecule is C=C(N(C)C1C2CN(c3ccncn3)CC21)C(C)(C)C. The lowest BCUT2D eigenvalue weighted by atomic mass is 9.92. The van der Waals surface area contributed by atoms with Crippen molar-refractivity contribution in [3.05, 3.63) is 30.9 Å². The molecule has 0 N–H and O–H groups in total. The number of allylic oxidation sites excluding steroid dienone is 1. The molecule has 2 unspecified atom stereocenters. The smallest absolute Gasteiger partial charge is 0.131 e. The molecule has 4 nitrogen and oxygen atoms in total. The molecule has 3 rings (SSSR count). The van der Waals surface area contributed by atoms with E-state index in [2.05, 4.69) is 54.2 Å². The Morgan fingerprint density at radius 1 is 1.35 bits per heavy atom. The van der Waals surface area contributed by atoms with E-state index in [9.17, 15) is 0 Å². The van der Waals surface area contributed by atoms with Crippen molar-refractivity contribution in [3.63, 3.8) is 0 Å². The molecule has 0 aromatic carbocycles. The monoisotopic (exact) mass is 272 g/mol. The van der Waals surface area contributed by atoms with Crippen LogP contribution in [0.15, 0.2) is 30.9 Å².